The van der Waals surface area contributed by atoms with E-state index in [1.807, 2.05) is 48.5 Å². The Morgan fingerprint density at radius 1 is 0.912 bits per heavy atom. The molecule has 6 heteroatoms. The molecule has 1 N–H and O–H groups in total. The van der Waals surface area contributed by atoms with E-state index in [9.17, 15) is 18.0 Å². The van der Waals surface area contributed by atoms with Gasteiger partial charge in [0.2, 0.25) is 5.91 Å². The second-order valence-electron chi connectivity index (χ2n) is 8.95. The summed E-state index contributed by atoms with van der Waals surface area (Å²) in [5.74, 6) is -0.224. The van der Waals surface area contributed by atoms with Crippen LogP contribution in [0.3, 0.4) is 0 Å². The maximum atomic E-state index is 13.8. The number of hydrogen-bond acceptors (Lipinski definition) is 1. The number of carbonyl (C=O) groups excluding carboxylic acids is 1. The summed E-state index contributed by atoms with van der Waals surface area (Å²) in [6.45, 7) is 0.488. The topological polar surface area (TPSA) is 36.1 Å². The number of rotatable bonds is 5. The first-order chi connectivity index (χ1) is 16.4. The van der Waals surface area contributed by atoms with Crippen LogP contribution < -0.4 is 0 Å². The molecule has 0 spiro atoms. The zero-order valence-electron chi connectivity index (χ0n) is 18.6. The highest BCUT2D eigenvalue weighted by atomic mass is 19.4. The molecule has 5 rings (SSSR count). The maximum Gasteiger partial charge on any atom is 0.416 e. The highest BCUT2D eigenvalue weighted by molar-refractivity contribution is 5.87. The van der Waals surface area contributed by atoms with Gasteiger partial charge in [-0.15, -0.1) is 0 Å². The van der Waals surface area contributed by atoms with Gasteiger partial charge in [-0.25, -0.2) is 0 Å². The predicted octanol–water partition coefficient (Wildman–Crippen LogP) is 6.52. The lowest BCUT2D eigenvalue weighted by Gasteiger charge is -2.30. The average Bonchev–Trinajstić information content (AvgIpc) is 3.21. The number of nitrogens with zero attached hydrogens (tertiary/aromatic N) is 1. The highest BCUT2D eigenvalue weighted by Gasteiger charge is 2.32. The van der Waals surface area contributed by atoms with Crippen molar-refractivity contribution in [2.45, 2.75) is 38.5 Å². The van der Waals surface area contributed by atoms with Crippen molar-refractivity contribution in [1.29, 1.82) is 0 Å². The molecular weight excluding hydrogens is 437 g/mol. The van der Waals surface area contributed by atoms with Gasteiger partial charge in [-0.05, 0) is 54.2 Å². The van der Waals surface area contributed by atoms with Gasteiger partial charge in [-0.2, -0.15) is 13.2 Å². The molecule has 34 heavy (non-hydrogen) atoms. The van der Waals surface area contributed by atoms with Gasteiger partial charge < -0.3 is 9.88 Å². The molecule has 1 aliphatic carbocycles. The molecule has 3 aromatic carbocycles. The van der Waals surface area contributed by atoms with Crippen molar-refractivity contribution in [2.75, 3.05) is 0 Å². The Balaban J connectivity index is 1.42. The van der Waals surface area contributed by atoms with E-state index in [0.717, 1.165) is 35.0 Å². The van der Waals surface area contributed by atoms with Gasteiger partial charge in [0.1, 0.15) is 0 Å². The van der Waals surface area contributed by atoms with Crippen LogP contribution in [0.25, 0.3) is 10.9 Å². The van der Waals surface area contributed by atoms with Crippen LogP contribution in [0.2, 0.25) is 0 Å². The first-order valence-electron chi connectivity index (χ1n) is 11.5. The molecule has 0 saturated carbocycles. The molecule has 1 atom stereocenters. The lowest BCUT2D eigenvalue weighted by Crippen LogP contribution is -2.37. The quantitative estimate of drug-likeness (QED) is 0.360. The molecule has 4 aromatic rings. The van der Waals surface area contributed by atoms with Crippen LogP contribution in [-0.2, 0) is 36.9 Å². The molecule has 1 unspecified atom stereocenters. The highest BCUT2D eigenvalue weighted by Crippen LogP contribution is 2.34. The smallest absolute Gasteiger partial charge is 0.358 e. The SMILES string of the molecule is O=C(C1CCc2[nH]c3ccccc3c2C1)N(Cc1ccccc1)Cc1cccc(C(F)(F)F)c1. The molecule has 174 valence electrons. The number of amides is 1. The third-order valence-electron chi connectivity index (χ3n) is 6.60. The Morgan fingerprint density at radius 2 is 1.62 bits per heavy atom. The van der Waals surface area contributed by atoms with Crippen LogP contribution in [0.15, 0.2) is 78.9 Å². The van der Waals surface area contributed by atoms with E-state index in [0.29, 0.717) is 24.9 Å². The zero-order chi connectivity index (χ0) is 23.7. The minimum Gasteiger partial charge on any atom is -0.358 e. The Bertz CT molecular complexity index is 1310. The Morgan fingerprint density at radius 3 is 2.41 bits per heavy atom. The zero-order valence-corrected chi connectivity index (χ0v) is 18.6. The molecule has 1 aromatic heterocycles. The first-order valence-corrected chi connectivity index (χ1v) is 11.5. The fourth-order valence-electron chi connectivity index (χ4n) is 4.92. The normalized spacial score (nSPS) is 15.8. The number of aromatic nitrogens is 1. The van der Waals surface area contributed by atoms with E-state index < -0.39 is 11.7 Å². The van der Waals surface area contributed by atoms with Crippen molar-refractivity contribution in [1.82, 2.24) is 9.88 Å². The average molecular weight is 463 g/mol. The van der Waals surface area contributed by atoms with Gasteiger partial charge >= 0.3 is 6.18 Å². The van der Waals surface area contributed by atoms with Crippen LogP contribution in [0, 0.1) is 5.92 Å². The maximum absolute atomic E-state index is 13.8. The molecule has 0 bridgehead atoms. The number of aryl methyl sites for hydroxylation is 1. The van der Waals surface area contributed by atoms with Crippen LogP contribution in [0.5, 0.6) is 0 Å². The monoisotopic (exact) mass is 462 g/mol. The summed E-state index contributed by atoms with van der Waals surface area (Å²) < 4.78 is 39.8. The third-order valence-corrected chi connectivity index (χ3v) is 6.60. The molecule has 0 fully saturated rings. The van der Waals surface area contributed by atoms with Crippen LogP contribution in [0.1, 0.15) is 34.4 Å². The fourth-order valence-corrected chi connectivity index (χ4v) is 4.92. The Labute approximate surface area is 196 Å². The lowest BCUT2D eigenvalue weighted by molar-refractivity contribution is -0.137. The van der Waals surface area contributed by atoms with E-state index in [1.54, 1.807) is 11.0 Å². The molecule has 0 aliphatic heterocycles. The fraction of sp³-hybridized carbons (Fsp3) is 0.250. The third kappa shape index (κ3) is 4.58. The minimum atomic E-state index is -4.42. The van der Waals surface area contributed by atoms with Crippen molar-refractivity contribution in [3.8, 4) is 0 Å². The lowest BCUT2D eigenvalue weighted by atomic mass is 9.85. The number of H-pyrrole nitrogens is 1. The second-order valence-corrected chi connectivity index (χ2v) is 8.95. The van der Waals surface area contributed by atoms with E-state index in [2.05, 4.69) is 11.1 Å². The summed E-state index contributed by atoms with van der Waals surface area (Å²) >= 11 is 0. The largest absolute Gasteiger partial charge is 0.416 e. The van der Waals surface area contributed by atoms with Gasteiger partial charge in [0, 0.05) is 35.6 Å². The molecule has 1 heterocycles. The van der Waals surface area contributed by atoms with Crippen molar-refractivity contribution in [3.05, 3.63) is 107 Å². The summed E-state index contributed by atoms with van der Waals surface area (Å²) in [6, 6.07) is 22.9. The van der Waals surface area contributed by atoms with Crippen molar-refractivity contribution >= 4 is 16.8 Å². The van der Waals surface area contributed by atoms with E-state index in [4.69, 9.17) is 0 Å². The van der Waals surface area contributed by atoms with Gasteiger partial charge in [0.05, 0.1) is 5.56 Å². The van der Waals surface area contributed by atoms with Gasteiger partial charge in [0.25, 0.3) is 0 Å². The molecule has 0 radical (unpaired) electrons. The summed E-state index contributed by atoms with van der Waals surface area (Å²) in [7, 11) is 0. The number of aromatic amines is 1. The number of halogens is 3. The molecule has 0 saturated heterocycles. The number of nitrogens with one attached hydrogen (secondary N) is 1. The summed E-state index contributed by atoms with van der Waals surface area (Å²) in [4.78, 5) is 18.9. The van der Waals surface area contributed by atoms with E-state index in [1.165, 1.54) is 17.3 Å². The summed E-state index contributed by atoms with van der Waals surface area (Å²) in [5, 5.41) is 1.14. The van der Waals surface area contributed by atoms with E-state index in [-0.39, 0.29) is 18.4 Å². The van der Waals surface area contributed by atoms with Gasteiger partial charge in [-0.3, -0.25) is 4.79 Å². The summed E-state index contributed by atoms with van der Waals surface area (Å²) in [6.07, 6.45) is -2.29. The number of alkyl halides is 3. The van der Waals surface area contributed by atoms with Crippen LogP contribution in [0.4, 0.5) is 13.2 Å². The number of benzene rings is 3. The van der Waals surface area contributed by atoms with Crippen molar-refractivity contribution in [2.24, 2.45) is 5.92 Å². The number of fused-ring (bicyclic) bond motifs is 3. The van der Waals surface area contributed by atoms with Gasteiger partial charge in [0.15, 0.2) is 0 Å². The second kappa shape index (κ2) is 9.01. The van der Waals surface area contributed by atoms with Gasteiger partial charge in [-0.1, -0.05) is 60.7 Å². The Kier molecular flexibility index (Phi) is 5.90. The van der Waals surface area contributed by atoms with Crippen LogP contribution in [-0.4, -0.2) is 15.8 Å². The number of carbonyl (C=O) groups is 1. The summed E-state index contributed by atoms with van der Waals surface area (Å²) in [5.41, 5.74) is 4.16. The van der Waals surface area contributed by atoms with Crippen molar-refractivity contribution < 1.29 is 18.0 Å². The molecule has 1 aliphatic rings. The number of hydrogen-bond donors (Lipinski definition) is 1. The number of para-hydroxylation sites is 1. The van der Waals surface area contributed by atoms with Crippen LogP contribution >= 0.6 is 0 Å². The van der Waals surface area contributed by atoms with E-state index >= 15 is 0 Å². The molecule has 1 amide bonds. The van der Waals surface area contributed by atoms with Crippen molar-refractivity contribution in [3.63, 3.8) is 0 Å². The predicted molar refractivity (Wildman–Crippen MR) is 126 cm³/mol. The molecule has 3 nitrogen and oxygen atoms in total. The molecular formula is C28H25F3N2O. The Hall–Kier alpha value is -3.54. The first kappa shape index (κ1) is 22.3. The standard InChI is InChI=1S/C28H25F3N2O/c29-28(30,31)22-10-6-9-20(15-22)18-33(17-19-7-2-1-3-8-19)27(34)21-13-14-26-24(16-21)23-11-4-5-12-25(23)32-26/h1-12,15,21,32H,13-14,16-18H2. The minimum absolute atomic E-state index is 0.0165.